The number of nitro groups is 1. The van der Waals surface area contributed by atoms with Crippen LogP contribution in [-0.4, -0.2) is 22.8 Å². The molecule has 1 aromatic carbocycles. The first-order valence-electron chi connectivity index (χ1n) is 4.85. The number of carbonyl (C=O) groups is 2. The summed E-state index contributed by atoms with van der Waals surface area (Å²) in [6.45, 7) is 0. The van der Waals surface area contributed by atoms with Gasteiger partial charge in [0.15, 0.2) is 0 Å². The van der Waals surface area contributed by atoms with Crippen molar-refractivity contribution in [1.29, 1.82) is 0 Å². The Kier molecular flexibility index (Phi) is 4.20. The van der Waals surface area contributed by atoms with Crippen molar-refractivity contribution in [3.8, 4) is 0 Å². The molecule has 6 nitrogen and oxygen atoms in total. The van der Waals surface area contributed by atoms with Crippen LogP contribution in [0.4, 0.5) is 24.5 Å². The second kappa shape index (κ2) is 5.46. The predicted molar refractivity (Wildman–Crippen MR) is 57.4 cm³/mol. The zero-order valence-electron chi connectivity index (χ0n) is 9.23. The van der Waals surface area contributed by atoms with Crippen molar-refractivity contribution in [2.45, 2.75) is 12.6 Å². The fraction of sp³-hybridized carbons (Fsp3) is 0.200. The highest BCUT2D eigenvalue weighted by Gasteiger charge is 2.39. The van der Waals surface area contributed by atoms with E-state index in [4.69, 9.17) is 0 Å². The largest absolute Gasteiger partial charge is 0.450 e. The van der Waals surface area contributed by atoms with Crippen LogP contribution in [0, 0.1) is 10.1 Å². The van der Waals surface area contributed by atoms with Crippen LogP contribution in [0.1, 0.15) is 6.42 Å². The Morgan fingerprint density at radius 1 is 1.26 bits per heavy atom. The molecule has 1 N–H and O–H groups in total. The maximum absolute atomic E-state index is 11.9. The Morgan fingerprint density at radius 2 is 1.84 bits per heavy atom. The van der Waals surface area contributed by atoms with Gasteiger partial charge in [-0.3, -0.25) is 19.7 Å². The molecule has 9 heteroatoms. The Labute approximate surface area is 104 Å². The Balaban J connectivity index is 2.79. The number of benzene rings is 1. The van der Waals surface area contributed by atoms with Gasteiger partial charge in [-0.2, -0.15) is 13.2 Å². The zero-order chi connectivity index (χ0) is 14.6. The number of carbonyl (C=O) groups excluding carboxylic acids is 2. The van der Waals surface area contributed by atoms with Crippen LogP contribution in [0.3, 0.4) is 0 Å². The average Bonchev–Trinajstić information content (AvgIpc) is 2.27. The zero-order valence-corrected chi connectivity index (χ0v) is 9.23. The molecule has 0 saturated heterocycles. The van der Waals surface area contributed by atoms with Crippen molar-refractivity contribution in [1.82, 2.24) is 0 Å². The number of hydrogen-bond acceptors (Lipinski definition) is 4. The molecule has 0 fully saturated rings. The smallest absolute Gasteiger partial charge is 0.320 e. The quantitative estimate of drug-likeness (QED) is 0.517. The first kappa shape index (κ1) is 14.6. The maximum atomic E-state index is 11.9. The molecule has 0 unspecified atom stereocenters. The van der Waals surface area contributed by atoms with E-state index in [9.17, 15) is 32.9 Å². The molecule has 0 radical (unpaired) electrons. The number of anilines is 1. The standard InChI is InChI=1S/C10H7F3N2O4/c11-10(12,13)8(16)5-9(17)14-6-3-1-2-4-7(6)15(18)19/h1-4H,5H2,(H,14,17). The highest BCUT2D eigenvalue weighted by atomic mass is 19.4. The molecule has 0 aliphatic carbocycles. The third kappa shape index (κ3) is 4.05. The highest BCUT2D eigenvalue weighted by molar-refractivity contribution is 6.06. The van der Waals surface area contributed by atoms with Crippen molar-refractivity contribution >= 4 is 23.1 Å². The summed E-state index contributed by atoms with van der Waals surface area (Å²) in [7, 11) is 0. The lowest BCUT2D eigenvalue weighted by Crippen LogP contribution is -2.28. The number of halogens is 3. The van der Waals surface area contributed by atoms with E-state index >= 15 is 0 Å². The van der Waals surface area contributed by atoms with Gasteiger partial charge >= 0.3 is 6.18 Å². The Hall–Kier alpha value is -2.45. The summed E-state index contributed by atoms with van der Waals surface area (Å²) in [5.74, 6) is -3.49. The first-order valence-corrected chi connectivity index (χ1v) is 4.85. The van der Waals surface area contributed by atoms with Crippen LogP contribution in [0.15, 0.2) is 24.3 Å². The van der Waals surface area contributed by atoms with Crippen LogP contribution in [0.25, 0.3) is 0 Å². The van der Waals surface area contributed by atoms with Crippen LogP contribution in [-0.2, 0) is 9.59 Å². The lowest BCUT2D eigenvalue weighted by atomic mass is 10.2. The summed E-state index contributed by atoms with van der Waals surface area (Å²) in [6.07, 6.45) is -6.53. The van der Waals surface area contributed by atoms with E-state index in [-0.39, 0.29) is 5.69 Å². The van der Waals surface area contributed by atoms with Gasteiger partial charge in [0.1, 0.15) is 5.69 Å². The summed E-state index contributed by atoms with van der Waals surface area (Å²) in [4.78, 5) is 31.5. The third-order valence-corrected chi connectivity index (χ3v) is 2.01. The van der Waals surface area contributed by atoms with Crippen LogP contribution < -0.4 is 5.32 Å². The molecular formula is C10H7F3N2O4. The molecule has 0 aliphatic heterocycles. The van der Waals surface area contributed by atoms with E-state index in [1.807, 2.05) is 5.32 Å². The van der Waals surface area contributed by atoms with E-state index in [1.54, 1.807) is 0 Å². The number of nitrogens with one attached hydrogen (secondary N) is 1. The SMILES string of the molecule is O=C(CC(=O)C(F)(F)F)Nc1ccccc1[N+](=O)[O-]. The van der Waals surface area contributed by atoms with Gasteiger partial charge in [-0.15, -0.1) is 0 Å². The summed E-state index contributed by atoms with van der Waals surface area (Å²) in [5, 5.41) is 12.5. The minimum absolute atomic E-state index is 0.271. The van der Waals surface area contributed by atoms with Gasteiger partial charge in [0.25, 0.3) is 5.69 Å². The monoisotopic (exact) mass is 276 g/mol. The van der Waals surface area contributed by atoms with E-state index in [2.05, 4.69) is 0 Å². The van der Waals surface area contributed by atoms with E-state index in [1.165, 1.54) is 12.1 Å². The molecule has 1 rings (SSSR count). The number of Topliss-reactive ketones (excluding diaryl/α,β-unsaturated/α-hetero) is 1. The van der Waals surface area contributed by atoms with Crippen molar-refractivity contribution in [2.75, 3.05) is 5.32 Å². The Bertz CT molecular complexity index is 528. The van der Waals surface area contributed by atoms with Gasteiger partial charge in [0, 0.05) is 6.07 Å². The molecule has 1 aromatic rings. The number of nitro benzene ring substituents is 1. The number of para-hydroxylation sites is 2. The van der Waals surface area contributed by atoms with Crippen molar-refractivity contribution in [3.63, 3.8) is 0 Å². The second-order valence-corrected chi connectivity index (χ2v) is 3.42. The molecule has 0 aliphatic rings. The minimum atomic E-state index is -5.11. The fourth-order valence-corrected chi connectivity index (χ4v) is 1.18. The molecule has 19 heavy (non-hydrogen) atoms. The molecule has 102 valence electrons. The summed E-state index contributed by atoms with van der Waals surface area (Å²) >= 11 is 0. The van der Waals surface area contributed by atoms with Gasteiger partial charge in [0.05, 0.1) is 11.3 Å². The van der Waals surface area contributed by atoms with E-state index in [0.717, 1.165) is 12.1 Å². The fourth-order valence-electron chi connectivity index (χ4n) is 1.18. The maximum Gasteiger partial charge on any atom is 0.450 e. The first-order chi connectivity index (χ1) is 8.71. The molecular weight excluding hydrogens is 269 g/mol. The van der Waals surface area contributed by atoms with Crippen LogP contribution >= 0.6 is 0 Å². The van der Waals surface area contributed by atoms with E-state index in [0.29, 0.717) is 0 Å². The molecule has 0 aromatic heterocycles. The Morgan fingerprint density at radius 3 is 2.37 bits per heavy atom. The van der Waals surface area contributed by atoms with Crippen molar-refractivity contribution in [3.05, 3.63) is 34.4 Å². The molecule has 1 amide bonds. The number of nitrogens with zero attached hydrogens (tertiary/aromatic N) is 1. The summed E-state index contributed by atoms with van der Waals surface area (Å²) in [6, 6.07) is 4.90. The van der Waals surface area contributed by atoms with Crippen LogP contribution in [0.5, 0.6) is 0 Å². The van der Waals surface area contributed by atoms with Gasteiger partial charge < -0.3 is 5.32 Å². The normalized spacial score (nSPS) is 10.9. The topological polar surface area (TPSA) is 89.3 Å². The summed E-state index contributed by atoms with van der Waals surface area (Å²) < 4.78 is 35.8. The van der Waals surface area contributed by atoms with Gasteiger partial charge in [0.2, 0.25) is 11.7 Å². The second-order valence-electron chi connectivity index (χ2n) is 3.42. The van der Waals surface area contributed by atoms with Crippen molar-refractivity contribution in [2.24, 2.45) is 0 Å². The number of amides is 1. The molecule has 0 spiro atoms. The molecule has 0 atom stereocenters. The lowest BCUT2D eigenvalue weighted by Gasteiger charge is -2.07. The molecule has 0 heterocycles. The van der Waals surface area contributed by atoms with Gasteiger partial charge in [-0.1, -0.05) is 12.1 Å². The highest BCUT2D eigenvalue weighted by Crippen LogP contribution is 2.24. The lowest BCUT2D eigenvalue weighted by molar-refractivity contribution is -0.383. The average molecular weight is 276 g/mol. The number of hydrogen-bond donors (Lipinski definition) is 1. The number of ketones is 1. The molecule has 0 saturated carbocycles. The van der Waals surface area contributed by atoms with Gasteiger partial charge in [-0.25, -0.2) is 0 Å². The van der Waals surface area contributed by atoms with E-state index < -0.39 is 34.9 Å². The number of alkyl halides is 3. The molecule has 0 bridgehead atoms. The third-order valence-electron chi connectivity index (χ3n) is 2.01. The predicted octanol–water partition coefficient (Wildman–Crippen LogP) is 2.05. The van der Waals surface area contributed by atoms with Gasteiger partial charge in [-0.05, 0) is 6.07 Å². The minimum Gasteiger partial charge on any atom is -0.320 e. The van der Waals surface area contributed by atoms with Crippen molar-refractivity contribution < 1.29 is 27.7 Å². The summed E-state index contributed by atoms with van der Waals surface area (Å²) in [5.41, 5.74) is -0.747. The van der Waals surface area contributed by atoms with Crippen LogP contribution in [0.2, 0.25) is 0 Å². The number of rotatable bonds is 4.